The van der Waals surface area contributed by atoms with E-state index in [1.54, 1.807) is 0 Å². The Labute approximate surface area is 75.3 Å². The summed E-state index contributed by atoms with van der Waals surface area (Å²) < 4.78 is 0. The van der Waals surface area contributed by atoms with Gasteiger partial charge in [0.15, 0.2) is 0 Å². The monoisotopic (exact) mass is 172 g/mol. The van der Waals surface area contributed by atoms with Crippen molar-refractivity contribution in [2.24, 2.45) is 5.92 Å². The standard InChI is InChI=1S/C6H14.C4H6O2/c1-4-6(3)5-2;1-3(2)4(5)6/h6H,4-5H2,1-3H3;1H2,2H3,(H,5,6). The van der Waals surface area contributed by atoms with E-state index in [2.05, 4.69) is 27.4 Å². The van der Waals surface area contributed by atoms with E-state index in [4.69, 9.17) is 5.11 Å². The lowest BCUT2D eigenvalue weighted by Gasteiger charge is -1.98. The Hall–Kier alpha value is -0.790. The molecule has 0 unspecified atom stereocenters. The molecule has 0 aromatic heterocycles. The fraction of sp³-hybridized carbons (Fsp3) is 0.700. The average Bonchev–Trinajstić information content (AvgIpc) is 2.04. The van der Waals surface area contributed by atoms with Gasteiger partial charge in [0.2, 0.25) is 0 Å². The molecule has 0 saturated carbocycles. The molecule has 0 atom stereocenters. The van der Waals surface area contributed by atoms with Crippen LogP contribution in [0.4, 0.5) is 0 Å². The molecule has 0 aromatic carbocycles. The fourth-order valence-electron chi connectivity index (χ4n) is 0.289. The molecule has 2 nitrogen and oxygen atoms in total. The van der Waals surface area contributed by atoms with Crippen LogP contribution >= 0.6 is 0 Å². The van der Waals surface area contributed by atoms with Crippen LogP contribution < -0.4 is 0 Å². The number of hydrogen-bond acceptors (Lipinski definition) is 1. The highest BCUT2D eigenvalue weighted by Crippen LogP contribution is 2.02. The van der Waals surface area contributed by atoms with Gasteiger partial charge in [-0.3, -0.25) is 0 Å². The Morgan fingerprint density at radius 2 is 1.67 bits per heavy atom. The molecule has 2 heteroatoms. The molecule has 0 fully saturated rings. The molecule has 72 valence electrons. The number of carboxylic acids is 1. The maximum Gasteiger partial charge on any atom is 0.330 e. The zero-order valence-corrected chi connectivity index (χ0v) is 8.55. The van der Waals surface area contributed by atoms with Crippen molar-refractivity contribution in [3.8, 4) is 0 Å². The fourth-order valence-corrected chi connectivity index (χ4v) is 0.289. The van der Waals surface area contributed by atoms with Gasteiger partial charge in [-0.15, -0.1) is 0 Å². The number of rotatable bonds is 3. The van der Waals surface area contributed by atoms with Crippen LogP contribution in [0.2, 0.25) is 0 Å². The Morgan fingerprint density at radius 3 is 1.67 bits per heavy atom. The molecule has 1 N–H and O–H groups in total. The molecule has 12 heavy (non-hydrogen) atoms. The maximum absolute atomic E-state index is 9.60. The zero-order valence-electron chi connectivity index (χ0n) is 8.55. The van der Waals surface area contributed by atoms with E-state index in [-0.39, 0.29) is 5.57 Å². The lowest BCUT2D eigenvalue weighted by Crippen LogP contribution is -1.92. The van der Waals surface area contributed by atoms with Crippen LogP contribution in [0, 0.1) is 5.92 Å². The van der Waals surface area contributed by atoms with Gasteiger partial charge in [0.1, 0.15) is 0 Å². The topological polar surface area (TPSA) is 37.3 Å². The SMILES string of the molecule is C=C(C)C(=O)O.CCC(C)CC. The van der Waals surface area contributed by atoms with Crippen LogP contribution in [0.1, 0.15) is 40.5 Å². The molecule has 0 rings (SSSR count). The third-order valence-corrected chi connectivity index (χ3v) is 1.76. The normalized spacial score (nSPS) is 8.75. The predicted octanol–water partition coefficient (Wildman–Crippen LogP) is 3.09. The van der Waals surface area contributed by atoms with Gasteiger partial charge in [0, 0.05) is 5.57 Å². The summed E-state index contributed by atoms with van der Waals surface area (Å²) >= 11 is 0. The molecular formula is C10H20O2. The van der Waals surface area contributed by atoms with Gasteiger partial charge in [0.25, 0.3) is 0 Å². The first kappa shape index (κ1) is 13.8. The van der Waals surface area contributed by atoms with Crippen molar-refractivity contribution >= 4 is 5.97 Å². The average molecular weight is 172 g/mol. The van der Waals surface area contributed by atoms with E-state index >= 15 is 0 Å². The van der Waals surface area contributed by atoms with Crippen molar-refractivity contribution in [2.45, 2.75) is 40.5 Å². The highest BCUT2D eigenvalue weighted by atomic mass is 16.4. The molecular weight excluding hydrogens is 152 g/mol. The summed E-state index contributed by atoms with van der Waals surface area (Å²) in [5, 5.41) is 7.89. The number of aliphatic carboxylic acids is 1. The van der Waals surface area contributed by atoms with Crippen molar-refractivity contribution in [1.29, 1.82) is 0 Å². The first-order chi connectivity index (χ1) is 5.45. The van der Waals surface area contributed by atoms with Crippen LogP contribution in [0.15, 0.2) is 12.2 Å². The maximum atomic E-state index is 9.60. The van der Waals surface area contributed by atoms with Crippen molar-refractivity contribution in [3.05, 3.63) is 12.2 Å². The Morgan fingerprint density at radius 1 is 1.42 bits per heavy atom. The van der Waals surface area contributed by atoms with Crippen LogP contribution in [-0.2, 0) is 4.79 Å². The second kappa shape index (κ2) is 8.31. The number of carbonyl (C=O) groups is 1. The van der Waals surface area contributed by atoms with Crippen LogP contribution in [0.3, 0.4) is 0 Å². The van der Waals surface area contributed by atoms with E-state index in [1.165, 1.54) is 19.8 Å². The van der Waals surface area contributed by atoms with E-state index < -0.39 is 5.97 Å². The lowest BCUT2D eigenvalue weighted by atomic mass is 10.1. The smallest absolute Gasteiger partial charge is 0.330 e. The van der Waals surface area contributed by atoms with Gasteiger partial charge in [-0.25, -0.2) is 4.79 Å². The first-order valence-electron chi connectivity index (χ1n) is 4.34. The Bertz CT molecular complexity index is 123. The highest BCUT2D eigenvalue weighted by Gasteiger charge is 1.90. The minimum Gasteiger partial charge on any atom is -0.478 e. The second-order valence-corrected chi connectivity index (χ2v) is 3.01. The Balaban J connectivity index is 0. The molecule has 0 aliphatic heterocycles. The van der Waals surface area contributed by atoms with E-state index in [1.807, 2.05) is 0 Å². The molecule has 0 radical (unpaired) electrons. The summed E-state index contributed by atoms with van der Waals surface area (Å²) in [7, 11) is 0. The van der Waals surface area contributed by atoms with Crippen molar-refractivity contribution in [1.82, 2.24) is 0 Å². The van der Waals surface area contributed by atoms with Gasteiger partial charge in [-0.1, -0.05) is 40.2 Å². The minimum absolute atomic E-state index is 0.176. The highest BCUT2D eigenvalue weighted by molar-refractivity contribution is 5.84. The molecule has 0 aliphatic carbocycles. The van der Waals surface area contributed by atoms with Crippen molar-refractivity contribution < 1.29 is 9.90 Å². The largest absolute Gasteiger partial charge is 0.478 e. The summed E-state index contributed by atoms with van der Waals surface area (Å²) in [6.07, 6.45) is 2.66. The summed E-state index contributed by atoms with van der Waals surface area (Å²) in [5.74, 6) is 0.000000000000000222. The van der Waals surface area contributed by atoms with Crippen LogP contribution in [0.5, 0.6) is 0 Å². The van der Waals surface area contributed by atoms with Gasteiger partial charge >= 0.3 is 5.97 Å². The molecule has 0 aromatic rings. The molecule has 0 saturated heterocycles. The lowest BCUT2D eigenvalue weighted by molar-refractivity contribution is -0.132. The third kappa shape index (κ3) is 11.9. The quantitative estimate of drug-likeness (QED) is 0.664. The molecule has 0 spiro atoms. The summed E-state index contributed by atoms with van der Waals surface area (Å²) in [5.41, 5.74) is 0.176. The Kier molecular flexibility index (Phi) is 9.54. The van der Waals surface area contributed by atoms with E-state index in [0.717, 1.165) is 5.92 Å². The van der Waals surface area contributed by atoms with E-state index in [9.17, 15) is 4.79 Å². The molecule has 0 amide bonds. The molecule has 0 heterocycles. The number of hydrogen-bond donors (Lipinski definition) is 1. The van der Waals surface area contributed by atoms with Crippen molar-refractivity contribution in [2.75, 3.05) is 0 Å². The van der Waals surface area contributed by atoms with Crippen LogP contribution in [-0.4, -0.2) is 11.1 Å². The van der Waals surface area contributed by atoms with Gasteiger partial charge in [-0.05, 0) is 12.8 Å². The van der Waals surface area contributed by atoms with Crippen LogP contribution in [0.25, 0.3) is 0 Å². The van der Waals surface area contributed by atoms with E-state index in [0.29, 0.717) is 0 Å². The molecule has 0 bridgehead atoms. The number of carboxylic acid groups (broad SMARTS) is 1. The third-order valence-electron chi connectivity index (χ3n) is 1.76. The van der Waals surface area contributed by atoms with Gasteiger partial charge in [0.05, 0.1) is 0 Å². The predicted molar refractivity (Wildman–Crippen MR) is 52.2 cm³/mol. The summed E-state index contributed by atoms with van der Waals surface area (Å²) in [4.78, 5) is 9.60. The first-order valence-corrected chi connectivity index (χ1v) is 4.34. The zero-order chi connectivity index (χ0) is 10.1. The summed E-state index contributed by atoms with van der Waals surface area (Å²) in [6.45, 7) is 11.3. The second-order valence-electron chi connectivity index (χ2n) is 3.01. The summed E-state index contributed by atoms with van der Waals surface area (Å²) in [6, 6.07) is 0. The molecule has 0 aliphatic rings. The minimum atomic E-state index is -0.935. The van der Waals surface area contributed by atoms with Gasteiger partial charge < -0.3 is 5.11 Å². The van der Waals surface area contributed by atoms with Gasteiger partial charge in [-0.2, -0.15) is 0 Å². The van der Waals surface area contributed by atoms with Crippen molar-refractivity contribution in [3.63, 3.8) is 0 Å².